The second-order valence-corrected chi connectivity index (χ2v) is 7.30. The molecule has 0 aromatic heterocycles. The molecule has 0 aromatic rings. The standard InChI is InChI=1S/C16H31NS/c1-6-16(7-2,18-5)12-17-11-15-9-13(3)8-14(4)10-15/h8,13,15,17H,6-7,9-12H2,1-5H3. The Balaban J connectivity index is 2.35. The van der Waals surface area contributed by atoms with Crippen LogP contribution < -0.4 is 5.32 Å². The Labute approximate surface area is 118 Å². The number of hydrogen-bond donors (Lipinski definition) is 1. The van der Waals surface area contributed by atoms with Crippen LogP contribution in [0.1, 0.15) is 53.4 Å². The SMILES string of the molecule is CCC(CC)(CNCC1CC(C)=CC(C)C1)SC. The molecule has 1 nitrogen and oxygen atoms in total. The first-order valence-corrected chi connectivity index (χ1v) is 8.71. The molecule has 1 N–H and O–H groups in total. The van der Waals surface area contributed by atoms with Gasteiger partial charge in [-0.2, -0.15) is 11.8 Å². The summed E-state index contributed by atoms with van der Waals surface area (Å²) in [4.78, 5) is 0. The van der Waals surface area contributed by atoms with E-state index < -0.39 is 0 Å². The molecule has 2 unspecified atom stereocenters. The summed E-state index contributed by atoms with van der Waals surface area (Å²) >= 11 is 2.03. The molecule has 0 aromatic carbocycles. The fraction of sp³-hybridized carbons (Fsp3) is 0.875. The highest BCUT2D eigenvalue weighted by Gasteiger charge is 2.25. The van der Waals surface area contributed by atoms with Crippen molar-refractivity contribution in [3.8, 4) is 0 Å². The van der Waals surface area contributed by atoms with E-state index in [2.05, 4.69) is 45.3 Å². The molecule has 0 saturated heterocycles. The highest BCUT2D eigenvalue weighted by molar-refractivity contribution is 8.00. The largest absolute Gasteiger partial charge is 0.315 e. The summed E-state index contributed by atoms with van der Waals surface area (Å²) in [7, 11) is 0. The van der Waals surface area contributed by atoms with Crippen molar-refractivity contribution < 1.29 is 0 Å². The van der Waals surface area contributed by atoms with E-state index in [1.54, 1.807) is 5.57 Å². The number of thioether (sulfide) groups is 1. The van der Waals surface area contributed by atoms with Gasteiger partial charge in [-0.25, -0.2) is 0 Å². The first kappa shape index (κ1) is 16.1. The number of allylic oxidation sites excluding steroid dienone is 2. The smallest absolute Gasteiger partial charge is 0.0276 e. The fourth-order valence-electron chi connectivity index (χ4n) is 3.21. The zero-order valence-corrected chi connectivity index (χ0v) is 13.7. The molecule has 0 saturated carbocycles. The zero-order valence-electron chi connectivity index (χ0n) is 12.9. The average molecular weight is 269 g/mol. The van der Waals surface area contributed by atoms with Crippen LogP contribution in [0.4, 0.5) is 0 Å². The van der Waals surface area contributed by atoms with Crippen molar-refractivity contribution in [3.05, 3.63) is 11.6 Å². The van der Waals surface area contributed by atoms with Crippen LogP contribution in [0, 0.1) is 11.8 Å². The number of nitrogens with one attached hydrogen (secondary N) is 1. The van der Waals surface area contributed by atoms with Crippen LogP contribution in [-0.2, 0) is 0 Å². The van der Waals surface area contributed by atoms with E-state index in [1.807, 2.05) is 11.8 Å². The summed E-state index contributed by atoms with van der Waals surface area (Å²) in [5.41, 5.74) is 1.59. The topological polar surface area (TPSA) is 12.0 Å². The molecular formula is C16H31NS. The van der Waals surface area contributed by atoms with Gasteiger partial charge < -0.3 is 5.32 Å². The average Bonchev–Trinajstić information content (AvgIpc) is 2.34. The minimum Gasteiger partial charge on any atom is -0.315 e. The molecule has 2 heteroatoms. The molecule has 106 valence electrons. The lowest BCUT2D eigenvalue weighted by Gasteiger charge is -2.32. The maximum atomic E-state index is 3.74. The van der Waals surface area contributed by atoms with Crippen molar-refractivity contribution in [2.24, 2.45) is 11.8 Å². The van der Waals surface area contributed by atoms with Gasteiger partial charge in [-0.3, -0.25) is 0 Å². The Kier molecular flexibility index (Phi) is 6.79. The third-order valence-electron chi connectivity index (χ3n) is 4.49. The minimum absolute atomic E-state index is 0.450. The molecule has 2 atom stereocenters. The molecule has 0 fully saturated rings. The van der Waals surface area contributed by atoms with E-state index in [-0.39, 0.29) is 0 Å². The molecule has 0 heterocycles. The Hall–Kier alpha value is 0.0500. The molecule has 0 amide bonds. The van der Waals surface area contributed by atoms with Gasteiger partial charge in [0.2, 0.25) is 0 Å². The lowest BCUT2D eigenvalue weighted by Crippen LogP contribution is -2.39. The van der Waals surface area contributed by atoms with E-state index in [4.69, 9.17) is 0 Å². The zero-order chi connectivity index (χ0) is 13.6. The minimum atomic E-state index is 0.450. The Morgan fingerprint density at radius 3 is 2.56 bits per heavy atom. The number of hydrogen-bond acceptors (Lipinski definition) is 2. The van der Waals surface area contributed by atoms with E-state index >= 15 is 0 Å². The van der Waals surface area contributed by atoms with Crippen LogP contribution in [0.25, 0.3) is 0 Å². The molecule has 0 aliphatic heterocycles. The molecule has 1 aliphatic rings. The van der Waals surface area contributed by atoms with Gasteiger partial charge in [0, 0.05) is 11.3 Å². The van der Waals surface area contributed by atoms with E-state index in [0.717, 1.165) is 18.4 Å². The van der Waals surface area contributed by atoms with Crippen LogP contribution >= 0.6 is 11.8 Å². The lowest BCUT2D eigenvalue weighted by atomic mass is 9.83. The summed E-state index contributed by atoms with van der Waals surface area (Å²) in [6, 6.07) is 0. The van der Waals surface area contributed by atoms with Gasteiger partial charge in [0.25, 0.3) is 0 Å². The monoisotopic (exact) mass is 269 g/mol. The van der Waals surface area contributed by atoms with Crippen molar-refractivity contribution in [3.63, 3.8) is 0 Å². The van der Waals surface area contributed by atoms with Crippen LogP contribution in [0.3, 0.4) is 0 Å². The molecule has 1 aliphatic carbocycles. The summed E-state index contributed by atoms with van der Waals surface area (Å²) in [5, 5.41) is 3.74. The summed E-state index contributed by atoms with van der Waals surface area (Å²) in [5.74, 6) is 1.62. The van der Waals surface area contributed by atoms with E-state index in [1.165, 1.54) is 32.2 Å². The third-order valence-corrected chi connectivity index (χ3v) is 6.07. The highest BCUT2D eigenvalue weighted by atomic mass is 32.2. The van der Waals surface area contributed by atoms with Crippen molar-refractivity contribution >= 4 is 11.8 Å². The van der Waals surface area contributed by atoms with Crippen molar-refractivity contribution in [1.29, 1.82) is 0 Å². The lowest BCUT2D eigenvalue weighted by molar-refractivity contribution is 0.368. The Morgan fingerprint density at radius 2 is 2.06 bits per heavy atom. The van der Waals surface area contributed by atoms with Gasteiger partial charge in [0.1, 0.15) is 0 Å². The van der Waals surface area contributed by atoms with E-state index in [0.29, 0.717) is 4.75 Å². The first-order chi connectivity index (χ1) is 8.55. The molecule has 0 bridgehead atoms. The van der Waals surface area contributed by atoms with Crippen molar-refractivity contribution in [2.75, 3.05) is 19.3 Å². The molecule has 1 rings (SSSR count). The summed E-state index contributed by atoms with van der Waals surface area (Å²) < 4.78 is 0.450. The van der Waals surface area contributed by atoms with Gasteiger partial charge >= 0.3 is 0 Å². The quantitative estimate of drug-likeness (QED) is 0.683. The van der Waals surface area contributed by atoms with Crippen LogP contribution in [-0.4, -0.2) is 24.1 Å². The van der Waals surface area contributed by atoms with Gasteiger partial charge in [-0.05, 0) is 57.2 Å². The normalized spacial score (nSPS) is 25.1. The van der Waals surface area contributed by atoms with Gasteiger partial charge in [0.15, 0.2) is 0 Å². The van der Waals surface area contributed by atoms with Crippen LogP contribution in [0.5, 0.6) is 0 Å². The van der Waals surface area contributed by atoms with Gasteiger partial charge in [0.05, 0.1) is 0 Å². The van der Waals surface area contributed by atoms with Crippen LogP contribution in [0.2, 0.25) is 0 Å². The second kappa shape index (κ2) is 7.59. The third kappa shape index (κ3) is 4.62. The summed E-state index contributed by atoms with van der Waals surface area (Å²) in [6.07, 6.45) is 9.87. The number of rotatable bonds is 7. The molecule has 0 radical (unpaired) electrons. The van der Waals surface area contributed by atoms with Crippen molar-refractivity contribution in [1.82, 2.24) is 5.32 Å². The van der Waals surface area contributed by atoms with Gasteiger partial charge in [-0.15, -0.1) is 0 Å². The maximum absolute atomic E-state index is 3.74. The molecular weight excluding hydrogens is 238 g/mol. The second-order valence-electron chi connectivity index (χ2n) is 6.02. The Morgan fingerprint density at radius 1 is 1.39 bits per heavy atom. The maximum Gasteiger partial charge on any atom is 0.0276 e. The predicted molar refractivity (Wildman–Crippen MR) is 85.3 cm³/mol. The molecule has 0 spiro atoms. The van der Waals surface area contributed by atoms with Crippen molar-refractivity contribution in [2.45, 2.75) is 58.1 Å². The summed E-state index contributed by atoms with van der Waals surface area (Å²) in [6.45, 7) is 11.6. The van der Waals surface area contributed by atoms with Gasteiger partial charge in [-0.1, -0.05) is 32.4 Å². The highest BCUT2D eigenvalue weighted by Crippen LogP contribution is 2.30. The molecule has 18 heavy (non-hydrogen) atoms. The van der Waals surface area contributed by atoms with E-state index in [9.17, 15) is 0 Å². The van der Waals surface area contributed by atoms with Crippen LogP contribution in [0.15, 0.2) is 11.6 Å². The Bertz CT molecular complexity index is 260. The first-order valence-electron chi connectivity index (χ1n) is 7.48. The fourth-order valence-corrected chi connectivity index (χ4v) is 4.03. The predicted octanol–water partition coefficient (Wildman–Crippen LogP) is 4.49.